The summed E-state index contributed by atoms with van der Waals surface area (Å²) < 4.78 is 7.04. The third-order valence-corrected chi connectivity index (χ3v) is 5.01. The highest BCUT2D eigenvalue weighted by Crippen LogP contribution is 2.28. The highest BCUT2D eigenvalue weighted by atomic mass is 16.6. The number of hydrogen-bond donors (Lipinski definition) is 0. The molecule has 1 aliphatic rings. The highest BCUT2D eigenvalue weighted by Gasteiger charge is 2.26. The molecular weight excluding hydrogens is 364 g/mol. The SMILES string of the molecule is CC(=O)n1cc(/C=C2\N=C(c3cccc4ccccc34)OC2=O)c2ccccc21. The molecule has 0 bridgehead atoms. The number of carbonyl (C=O) groups excluding carboxylic acids is 2. The number of para-hydroxylation sites is 1. The molecule has 0 N–H and O–H groups in total. The predicted octanol–water partition coefficient (Wildman–Crippen LogP) is 4.80. The van der Waals surface area contributed by atoms with Crippen LogP contribution in [0.1, 0.15) is 22.8 Å². The third kappa shape index (κ3) is 2.84. The van der Waals surface area contributed by atoms with E-state index in [1.165, 1.54) is 6.92 Å². The van der Waals surface area contributed by atoms with Crippen LogP contribution in [0.5, 0.6) is 0 Å². The summed E-state index contributed by atoms with van der Waals surface area (Å²) in [7, 11) is 0. The van der Waals surface area contributed by atoms with Crippen molar-refractivity contribution in [1.29, 1.82) is 0 Å². The molecular formula is C24H16N2O3. The van der Waals surface area contributed by atoms with Crippen LogP contribution in [0.25, 0.3) is 27.8 Å². The van der Waals surface area contributed by atoms with Gasteiger partial charge in [-0.25, -0.2) is 9.79 Å². The maximum atomic E-state index is 12.5. The lowest BCUT2D eigenvalue weighted by molar-refractivity contribution is -0.129. The molecule has 2 heterocycles. The van der Waals surface area contributed by atoms with Gasteiger partial charge >= 0.3 is 5.97 Å². The minimum atomic E-state index is -0.507. The number of fused-ring (bicyclic) bond motifs is 2. The molecule has 0 atom stereocenters. The lowest BCUT2D eigenvalue weighted by Gasteiger charge is -2.04. The maximum Gasteiger partial charge on any atom is 0.363 e. The number of nitrogens with zero attached hydrogens (tertiary/aromatic N) is 2. The van der Waals surface area contributed by atoms with E-state index in [1.807, 2.05) is 66.7 Å². The monoisotopic (exact) mass is 380 g/mol. The van der Waals surface area contributed by atoms with Crippen LogP contribution in [0, 0.1) is 0 Å². The summed E-state index contributed by atoms with van der Waals surface area (Å²) in [5.74, 6) is -0.319. The van der Waals surface area contributed by atoms with E-state index in [2.05, 4.69) is 4.99 Å². The first-order chi connectivity index (χ1) is 14.1. The number of ether oxygens (including phenoxy) is 1. The summed E-state index contributed by atoms with van der Waals surface area (Å²) in [6.45, 7) is 1.50. The summed E-state index contributed by atoms with van der Waals surface area (Å²) >= 11 is 0. The molecule has 29 heavy (non-hydrogen) atoms. The van der Waals surface area contributed by atoms with Crippen molar-refractivity contribution < 1.29 is 14.3 Å². The quantitative estimate of drug-likeness (QED) is 0.371. The van der Waals surface area contributed by atoms with Crippen molar-refractivity contribution >= 4 is 45.5 Å². The molecule has 5 nitrogen and oxygen atoms in total. The molecule has 3 aromatic carbocycles. The number of carbonyl (C=O) groups is 2. The Labute approximate surface area is 166 Å². The van der Waals surface area contributed by atoms with E-state index in [-0.39, 0.29) is 17.5 Å². The first kappa shape index (κ1) is 17.1. The minimum absolute atomic E-state index is 0.0974. The van der Waals surface area contributed by atoms with Gasteiger partial charge in [0.1, 0.15) is 0 Å². The second kappa shape index (κ2) is 6.56. The minimum Gasteiger partial charge on any atom is -0.402 e. The maximum absolute atomic E-state index is 12.5. The van der Waals surface area contributed by atoms with Gasteiger partial charge in [-0.15, -0.1) is 0 Å². The number of benzene rings is 3. The normalized spacial score (nSPS) is 15.1. The Bertz CT molecular complexity index is 1370. The molecule has 0 spiro atoms. The van der Waals surface area contributed by atoms with Gasteiger partial charge in [0.15, 0.2) is 5.70 Å². The fourth-order valence-electron chi connectivity index (χ4n) is 3.67. The van der Waals surface area contributed by atoms with E-state index < -0.39 is 5.97 Å². The number of rotatable bonds is 2. The van der Waals surface area contributed by atoms with Crippen molar-refractivity contribution in [3.63, 3.8) is 0 Å². The molecule has 140 valence electrons. The lowest BCUT2D eigenvalue weighted by Crippen LogP contribution is -2.05. The Morgan fingerprint density at radius 2 is 1.69 bits per heavy atom. The number of aliphatic imine (C=N–C) groups is 1. The first-order valence-electron chi connectivity index (χ1n) is 9.23. The van der Waals surface area contributed by atoms with E-state index in [4.69, 9.17) is 4.74 Å². The molecule has 5 heteroatoms. The van der Waals surface area contributed by atoms with Crippen LogP contribution in [-0.4, -0.2) is 22.3 Å². The Morgan fingerprint density at radius 1 is 0.966 bits per heavy atom. The van der Waals surface area contributed by atoms with Gasteiger partial charge < -0.3 is 4.74 Å². The standard InChI is InChI=1S/C24H16N2O3/c1-15(27)26-14-17(19-10-4-5-12-22(19)26)13-21-24(28)29-23(25-21)20-11-6-8-16-7-2-3-9-18(16)20/h2-14H,1H3/b21-13-. The molecule has 1 aromatic heterocycles. The van der Waals surface area contributed by atoms with Crippen molar-refractivity contribution in [1.82, 2.24) is 4.57 Å². The second-order valence-corrected chi connectivity index (χ2v) is 6.85. The van der Waals surface area contributed by atoms with Crippen molar-refractivity contribution in [3.05, 3.63) is 89.8 Å². The first-order valence-corrected chi connectivity index (χ1v) is 9.23. The van der Waals surface area contributed by atoms with Crippen LogP contribution in [0.3, 0.4) is 0 Å². The fraction of sp³-hybridized carbons (Fsp3) is 0.0417. The van der Waals surface area contributed by atoms with Crippen LogP contribution in [0.15, 0.2) is 83.6 Å². The fourth-order valence-corrected chi connectivity index (χ4v) is 3.67. The molecule has 0 radical (unpaired) electrons. The predicted molar refractivity (Wildman–Crippen MR) is 113 cm³/mol. The Hall–Kier alpha value is -3.99. The molecule has 0 aliphatic carbocycles. The number of aromatic nitrogens is 1. The number of cyclic esters (lactones) is 1. The van der Waals surface area contributed by atoms with Gasteiger partial charge in [-0.1, -0.05) is 54.6 Å². The summed E-state index contributed by atoms with van der Waals surface area (Å²) in [6.07, 6.45) is 3.39. The Morgan fingerprint density at radius 3 is 2.52 bits per heavy atom. The van der Waals surface area contributed by atoms with Crippen LogP contribution in [0.4, 0.5) is 0 Å². The Balaban J connectivity index is 1.63. The van der Waals surface area contributed by atoms with Gasteiger partial charge in [0.2, 0.25) is 11.8 Å². The van der Waals surface area contributed by atoms with Crippen LogP contribution < -0.4 is 0 Å². The zero-order chi connectivity index (χ0) is 20.0. The third-order valence-electron chi connectivity index (χ3n) is 5.01. The molecule has 1 aliphatic heterocycles. The number of esters is 1. The van der Waals surface area contributed by atoms with E-state index >= 15 is 0 Å². The highest BCUT2D eigenvalue weighted by molar-refractivity contribution is 6.17. The van der Waals surface area contributed by atoms with E-state index in [0.717, 1.165) is 32.8 Å². The van der Waals surface area contributed by atoms with Gasteiger partial charge in [-0.2, -0.15) is 0 Å². The van der Waals surface area contributed by atoms with Gasteiger partial charge in [0.05, 0.1) is 5.52 Å². The van der Waals surface area contributed by atoms with Gasteiger partial charge in [-0.3, -0.25) is 9.36 Å². The zero-order valence-electron chi connectivity index (χ0n) is 15.6. The molecule has 0 amide bonds. The number of hydrogen-bond acceptors (Lipinski definition) is 4. The van der Waals surface area contributed by atoms with Crippen molar-refractivity contribution in [3.8, 4) is 0 Å². The second-order valence-electron chi connectivity index (χ2n) is 6.85. The topological polar surface area (TPSA) is 60.7 Å². The molecule has 0 unspecified atom stereocenters. The van der Waals surface area contributed by atoms with Gasteiger partial charge in [-0.05, 0) is 29.0 Å². The van der Waals surface area contributed by atoms with Gasteiger partial charge in [0.25, 0.3) is 0 Å². The average Bonchev–Trinajstić information content (AvgIpc) is 3.29. The van der Waals surface area contributed by atoms with Crippen molar-refractivity contribution in [2.75, 3.05) is 0 Å². The van der Waals surface area contributed by atoms with E-state index in [0.29, 0.717) is 0 Å². The lowest BCUT2D eigenvalue weighted by atomic mass is 10.0. The zero-order valence-corrected chi connectivity index (χ0v) is 15.6. The average molecular weight is 380 g/mol. The van der Waals surface area contributed by atoms with Gasteiger partial charge in [0, 0.05) is 29.6 Å². The van der Waals surface area contributed by atoms with Crippen LogP contribution in [-0.2, 0) is 9.53 Å². The largest absolute Gasteiger partial charge is 0.402 e. The van der Waals surface area contributed by atoms with E-state index in [1.54, 1.807) is 16.8 Å². The molecule has 0 saturated carbocycles. The smallest absolute Gasteiger partial charge is 0.363 e. The van der Waals surface area contributed by atoms with E-state index in [9.17, 15) is 9.59 Å². The van der Waals surface area contributed by atoms with Crippen LogP contribution in [0.2, 0.25) is 0 Å². The summed E-state index contributed by atoms with van der Waals surface area (Å²) in [4.78, 5) is 28.9. The molecule has 0 saturated heterocycles. The molecule has 4 aromatic rings. The molecule has 0 fully saturated rings. The van der Waals surface area contributed by atoms with Crippen molar-refractivity contribution in [2.45, 2.75) is 6.92 Å². The van der Waals surface area contributed by atoms with Crippen molar-refractivity contribution in [2.24, 2.45) is 4.99 Å². The summed E-state index contributed by atoms with van der Waals surface area (Å²) in [6, 6.07) is 21.2. The van der Waals surface area contributed by atoms with Crippen LogP contribution >= 0.6 is 0 Å². The Kier molecular flexibility index (Phi) is 3.88. The summed E-state index contributed by atoms with van der Waals surface area (Å²) in [5.41, 5.74) is 2.51. The molecule has 5 rings (SSSR count). The summed E-state index contributed by atoms with van der Waals surface area (Å²) in [5, 5.41) is 2.89.